The molecule has 0 aromatic heterocycles. The van der Waals surface area contributed by atoms with Crippen LogP contribution < -0.4 is 4.74 Å². The number of benzene rings is 1. The molecule has 0 radical (unpaired) electrons. The number of carbonyl (C=O) groups is 1. The van der Waals surface area contributed by atoms with Crippen molar-refractivity contribution in [3.63, 3.8) is 0 Å². The van der Waals surface area contributed by atoms with Crippen molar-refractivity contribution in [2.24, 2.45) is 0 Å². The summed E-state index contributed by atoms with van der Waals surface area (Å²) in [7, 11) is 0. The van der Waals surface area contributed by atoms with Gasteiger partial charge in [0.25, 0.3) is 0 Å². The number of ether oxygens (including phenoxy) is 1. The molecule has 0 aliphatic heterocycles. The summed E-state index contributed by atoms with van der Waals surface area (Å²) in [4.78, 5) is 21.1. The summed E-state index contributed by atoms with van der Waals surface area (Å²) < 4.78 is 5.49. The summed E-state index contributed by atoms with van der Waals surface area (Å²) in [5.74, 6) is -1.13. The fourth-order valence-electron chi connectivity index (χ4n) is 1.53. The van der Waals surface area contributed by atoms with Gasteiger partial charge in [0.15, 0.2) is 5.75 Å². The Morgan fingerprint density at radius 3 is 2.50 bits per heavy atom. The normalized spacial score (nSPS) is 10.4. The standard InChI is InChI=1S/C12H15NO5/c1-3-9(4-2)18-11-7-8(12(14)15)5-6-10(11)13(16)17/h5-7,9H,3-4H2,1-2H3,(H,14,15). The molecule has 1 aromatic rings. The topological polar surface area (TPSA) is 89.7 Å². The number of nitro groups is 1. The van der Waals surface area contributed by atoms with Crippen LogP contribution in [0.1, 0.15) is 37.0 Å². The smallest absolute Gasteiger partial charge is 0.335 e. The first-order valence-corrected chi connectivity index (χ1v) is 5.68. The van der Waals surface area contributed by atoms with Crippen molar-refractivity contribution < 1.29 is 19.6 Å². The maximum atomic E-state index is 10.8. The molecule has 18 heavy (non-hydrogen) atoms. The first-order valence-electron chi connectivity index (χ1n) is 5.68. The number of carboxylic acids is 1. The molecule has 6 heteroatoms. The number of rotatable bonds is 6. The number of nitro benzene ring substituents is 1. The highest BCUT2D eigenvalue weighted by Crippen LogP contribution is 2.29. The Bertz CT molecular complexity index is 454. The van der Waals surface area contributed by atoms with Crippen molar-refractivity contribution in [1.29, 1.82) is 0 Å². The van der Waals surface area contributed by atoms with E-state index >= 15 is 0 Å². The SMILES string of the molecule is CCC(CC)Oc1cc(C(=O)O)ccc1[N+](=O)[O-]. The highest BCUT2D eigenvalue weighted by molar-refractivity contribution is 5.88. The molecule has 1 N–H and O–H groups in total. The lowest BCUT2D eigenvalue weighted by Gasteiger charge is -2.15. The van der Waals surface area contributed by atoms with E-state index in [0.717, 1.165) is 6.07 Å². The summed E-state index contributed by atoms with van der Waals surface area (Å²) >= 11 is 0. The molecular formula is C12H15NO5. The third kappa shape index (κ3) is 3.19. The number of carboxylic acid groups (broad SMARTS) is 1. The van der Waals surface area contributed by atoms with Gasteiger partial charge in [-0.15, -0.1) is 0 Å². The van der Waals surface area contributed by atoms with Gasteiger partial charge in [0.2, 0.25) is 0 Å². The van der Waals surface area contributed by atoms with Gasteiger partial charge < -0.3 is 9.84 Å². The molecule has 0 saturated heterocycles. The first kappa shape index (κ1) is 14.0. The van der Waals surface area contributed by atoms with Crippen LogP contribution in [-0.2, 0) is 0 Å². The second kappa shape index (κ2) is 6.00. The van der Waals surface area contributed by atoms with Gasteiger partial charge in [0, 0.05) is 12.1 Å². The van der Waals surface area contributed by atoms with Crippen LogP contribution >= 0.6 is 0 Å². The van der Waals surface area contributed by atoms with Gasteiger partial charge in [-0.05, 0) is 18.9 Å². The Hall–Kier alpha value is -2.11. The van der Waals surface area contributed by atoms with Crippen molar-refractivity contribution >= 4 is 11.7 Å². The van der Waals surface area contributed by atoms with Crippen molar-refractivity contribution in [2.45, 2.75) is 32.8 Å². The minimum atomic E-state index is -1.14. The number of aromatic carboxylic acids is 1. The molecule has 0 amide bonds. The molecule has 0 heterocycles. The fraction of sp³-hybridized carbons (Fsp3) is 0.417. The zero-order chi connectivity index (χ0) is 13.7. The van der Waals surface area contributed by atoms with Crippen molar-refractivity contribution in [3.05, 3.63) is 33.9 Å². The van der Waals surface area contributed by atoms with Gasteiger partial charge in [-0.1, -0.05) is 13.8 Å². The molecule has 0 spiro atoms. The quantitative estimate of drug-likeness (QED) is 0.621. The predicted octanol–water partition coefficient (Wildman–Crippen LogP) is 2.86. The predicted molar refractivity (Wildman–Crippen MR) is 65.1 cm³/mol. The summed E-state index contributed by atoms with van der Waals surface area (Å²) in [6.07, 6.45) is 1.24. The van der Waals surface area contributed by atoms with E-state index in [1.807, 2.05) is 13.8 Å². The lowest BCUT2D eigenvalue weighted by atomic mass is 10.1. The van der Waals surface area contributed by atoms with E-state index < -0.39 is 10.9 Å². The van der Waals surface area contributed by atoms with Crippen LogP contribution in [0.25, 0.3) is 0 Å². The van der Waals surface area contributed by atoms with Crippen LogP contribution in [0, 0.1) is 10.1 Å². The molecular weight excluding hydrogens is 238 g/mol. The van der Waals surface area contributed by atoms with E-state index in [9.17, 15) is 14.9 Å². The monoisotopic (exact) mass is 253 g/mol. The van der Waals surface area contributed by atoms with Crippen molar-refractivity contribution in [2.75, 3.05) is 0 Å². The Morgan fingerprint density at radius 1 is 1.44 bits per heavy atom. The molecule has 0 aliphatic carbocycles. The minimum absolute atomic E-state index is 0.00796. The van der Waals surface area contributed by atoms with E-state index in [4.69, 9.17) is 9.84 Å². The van der Waals surface area contributed by atoms with Crippen molar-refractivity contribution in [1.82, 2.24) is 0 Å². The minimum Gasteiger partial charge on any atom is -0.484 e. The second-order valence-electron chi connectivity index (χ2n) is 3.80. The van der Waals surface area contributed by atoms with Gasteiger partial charge in [-0.25, -0.2) is 4.79 Å². The zero-order valence-corrected chi connectivity index (χ0v) is 10.3. The lowest BCUT2D eigenvalue weighted by molar-refractivity contribution is -0.386. The highest BCUT2D eigenvalue weighted by atomic mass is 16.6. The number of nitrogens with zero attached hydrogens (tertiary/aromatic N) is 1. The van der Waals surface area contributed by atoms with Crippen LogP contribution in [0.5, 0.6) is 5.75 Å². The summed E-state index contributed by atoms with van der Waals surface area (Å²) in [5, 5.41) is 19.7. The number of hydrogen-bond acceptors (Lipinski definition) is 4. The Morgan fingerprint density at radius 2 is 2.06 bits per heavy atom. The summed E-state index contributed by atoms with van der Waals surface area (Å²) in [6.45, 7) is 3.81. The first-order chi connectivity index (χ1) is 8.49. The van der Waals surface area contributed by atoms with E-state index in [2.05, 4.69) is 0 Å². The molecule has 0 bridgehead atoms. The van der Waals surface area contributed by atoms with Gasteiger partial charge in [-0.3, -0.25) is 10.1 Å². The third-order valence-electron chi connectivity index (χ3n) is 2.61. The average molecular weight is 253 g/mol. The Kier molecular flexibility index (Phi) is 4.65. The molecule has 6 nitrogen and oxygen atoms in total. The van der Waals surface area contributed by atoms with E-state index in [-0.39, 0.29) is 23.1 Å². The van der Waals surface area contributed by atoms with Gasteiger partial charge in [-0.2, -0.15) is 0 Å². The van der Waals surface area contributed by atoms with Crippen molar-refractivity contribution in [3.8, 4) is 5.75 Å². The van der Waals surface area contributed by atoms with Gasteiger partial charge in [0.05, 0.1) is 16.6 Å². The van der Waals surface area contributed by atoms with Crippen LogP contribution in [-0.4, -0.2) is 22.1 Å². The molecule has 1 rings (SSSR count). The molecule has 0 saturated carbocycles. The molecule has 98 valence electrons. The summed E-state index contributed by atoms with van der Waals surface area (Å²) in [6, 6.07) is 3.54. The maximum Gasteiger partial charge on any atom is 0.335 e. The van der Waals surface area contributed by atoms with Crippen LogP contribution in [0.2, 0.25) is 0 Å². The maximum absolute atomic E-state index is 10.8. The fourth-order valence-corrected chi connectivity index (χ4v) is 1.53. The molecule has 0 unspecified atom stereocenters. The summed E-state index contributed by atoms with van der Waals surface area (Å²) in [5.41, 5.74) is -0.242. The van der Waals surface area contributed by atoms with Crippen LogP contribution in [0.15, 0.2) is 18.2 Å². The van der Waals surface area contributed by atoms with Crippen LogP contribution in [0.3, 0.4) is 0 Å². The third-order valence-corrected chi connectivity index (χ3v) is 2.61. The zero-order valence-electron chi connectivity index (χ0n) is 10.3. The Labute approximate surface area is 104 Å². The van der Waals surface area contributed by atoms with E-state index in [0.29, 0.717) is 12.8 Å². The second-order valence-corrected chi connectivity index (χ2v) is 3.80. The largest absolute Gasteiger partial charge is 0.484 e. The number of hydrogen-bond donors (Lipinski definition) is 1. The highest BCUT2D eigenvalue weighted by Gasteiger charge is 2.20. The van der Waals surface area contributed by atoms with Crippen LogP contribution in [0.4, 0.5) is 5.69 Å². The van der Waals surface area contributed by atoms with E-state index in [1.165, 1.54) is 12.1 Å². The average Bonchev–Trinajstić information content (AvgIpc) is 2.35. The Balaban J connectivity index is 3.14. The lowest BCUT2D eigenvalue weighted by Crippen LogP contribution is -2.15. The van der Waals surface area contributed by atoms with Gasteiger partial charge in [0.1, 0.15) is 0 Å². The molecule has 0 atom stereocenters. The molecule has 0 aliphatic rings. The van der Waals surface area contributed by atoms with E-state index in [1.54, 1.807) is 0 Å². The molecule has 0 fully saturated rings. The molecule has 1 aromatic carbocycles. The van der Waals surface area contributed by atoms with Gasteiger partial charge >= 0.3 is 11.7 Å².